The first-order valence-electron chi connectivity index (χ1n) is 11.2. The van der Waals surface area contributed by atoms with Gasteiger partial charge >= 0.3 is 0 Å². The van der Waals surface area contributed by atoms with Gasteiger partial charge in [0.25, 0.3) is 0 Å². The summed E-state index contributed by atoms with van der Waals surface area (Å²) in [6.07, 6.45) is 2.57. The summed E-state index contributed by atoms with van der Waals surface area (Å²) in [4.78, 5) is 20.7. The molecule has 7 nitrogen and oxygen atoms in total. The smallest absolute Gasteiger partial charge is 0.222 e. The molecule has 0 radical (unpaired) electrons. The molecule has 1 amide bonds. The van der Waals surface area contributed by atoms with Gasteiger partial charge in [-0.1, -0.05) is 24.3 Å². The topological polar surface area (TPSA) is 66.4 Å². The quantitative estimate of drug-likeness (QED) is 0.557. The molecular formula is C25H32N4O3. The van der Waals surface area contributed by atoms with Gasteiger partial charge in [-0.2, -0.15) is 0 Å². The van der Waals surface area contributed by atoms with Crippen LogP contribution < -0.4 is 14.8 Å². The van der Waals surface area contributed by atoms with E-state index in [1.54, 1.807) is 14.2 Å². The normalized spacial score (nSPS) is 16.2. The molecular weight excluding hydrogens is 404 g/mol. The Balaban J connectivity index is 1.39. The van der Waals surface area contributed by atoms with Crippen molar-refractivity contribution in [2.24, 2.45) is 4.99 Å². The molecule has 0 saturated carbocycles. The third-order valence-corrected chi connectivity index (χ3v) is 6.22. The average molecular weight is 437 g/mol. The Hall–Kier alpha value is -3.22. The number of nitrogens with zero attached hydrogens (tertiary/aromatic N) is 3. The second-order valence-corrected chi connectivity index (χ2v) is 8.29. The van der Waals surface area contributed by atoms with Gasteiger partial charge in [0.05, 0.1) is 14.2 Å². The van der Waals surface area contributed by atoms with Crippen LogP contribution in [0.2, 0.25) is 0 Å². The highest BCUT2D eigenvalue weighted by Crippen LogP contribution is 2.33. The molecule has 2 aromatic rings. The van der Waals surface area contributed by atoms with Crippen molar-refractivity contribution in [3.63, 3.8) is 0 Å². The van der Waals surface area contributed by atoms with Gasteiger partial charge in [0.2, 0.25) is 5.91 Å². The highest BCUT2D eigenvalue weighted by Gasteiger charge is 2.22. The summed E-state index contributed by atoms with van der Waals surface area (Å²) in [7, 11) is 5.16. The van der Waals surface area contributed by atoms with Crippen molar-refractivity contribution in [3.8, 4) is 11.5 Å². The lowest BCUT2D eigenvalue weighted by Gasteiger charge is -2.32. The Bertz CT molecular complexity index is 1000. The zero-order valence-electron chi connectivity index (χ0n) is 19.2. The zero-order valence-corrected chi connectivity index (χ0v) is 19.2. The number of methoxy groups -OCH3 is 2. The van der Waals surface area contributed by atoms with Gasteiger partial charge in [0.15, 0.2) is 17.5 Å². The molecule has 7 heteroatoms. The van der Waals surface area contributed by atoms with E-state index in [0.717, 1.165) is 49.9 Å². The molecule has 170 valence electrons. The van der Waals surface area contributed by atoms with E-state index < -0.39 is 0 Å². The van der Waals surface area contributed by atoms with Crippen molar-refractivity contribution in [2.75, 3.05) is 34.4 Å². The monoisotopic (exact) mass is 436 g/mol. The molecule has 1 saturated heterocycles. The van der Waals surface area contributed by atoms with Crippen LogP contribution in [0.4, 0.5) is 0 Å². The molecule has 4 rings (SSSR count). The van der Waals surface area contributed by atoms with Gasteiger partial charge in [0, 0.05) is 46.2 Å². The number of benzene rings is 2. The van der Waals surface area contributed by atoms with Crippen molar-refractivity contribution in [1.29, 1.82) is 0 Å². The summed E-state index contributed by atoms with van der Waals surface area (Å²) in [5.74, 6) is 2.67. The molecule has 1 fully saturated rings. The minimum Gasteiger partial charge on any atom is -0.493 e. The van der Waals surface area contributed by atoms with Crippen LogP contribution in [0.15, 0.2) is 41.4 Å². The maximum atomic E-state index is 11.9. The minimum absolute atomic E-state index is 0.258. The van der Waals surface area contributed by atoms with E-state index in [0.29, 0.717) is 19.5 Å². The molecule has 0 aliphatic carbocycles. The van der Waals surface area contributed by atoms with Crippen molar-refractivity contribution in [2.45, 2.75) is 38.9 Å². The number of carbonyl (C=O) groups excluding carboxylic acids is 1. The zero-order chi connectivity index (χ0) is 22.5. The average Bonchev–Trinajstić information content (AvgIpc) is 3.22. The predicted molar refractivity (Wildman–Crippen MR) is 125 cm³/mol. The molecule has 0 aromatic heterocycles. The number of carbonyl (C=O) groups is 1. The number of aliphatic imine (C=N–C) groups is 1. The van der Waals surface area contributed by atoms with E-state index in [-0.39, 0.29) is 5.91 Å². The van der Waals surface area contributed by atoms with E-state index in [9.17, 15) is 4.79 Å². The molecule has 2 aliphatic rings. The Labute approximate surface area is 190 Å². The van der Waals surface area contributed by atoms with Gasteiger partial charge in [-0.25, -0.2) is 0 Å². The number of nitrogens with one attached hydrogen (secondary N) is 1. The first kappa shape index (κ1) is 22.0. The predicted octanol–water partition coefficient (Wildman–Crippen LogP) is 2.96. The lowest BCUT2D eigenvalue weighted by Crippen LogP contribution is -2.43. The first-order chi connectivity index (χ1) is 15.6. The summed E-state index contributed by atoms with van der Waals surface area (Å²) in [5.41, 5.74) is 4.87. The number of hydrogen-bond donors (Lipinski definition) is 1. The van der Waals surface area contributed by atoms with E-state index in [1.165, 1.54) is 22.3 Å². The number of ether oxygens (including phenoxy) is 2. The summed E-state index contributed by atoms with van der Waals surface area (Å²) in [6.45, 7) is 3.89. The number of rotatable bonds is 6. The van der Waals surface area contributed by atoms with Crippen LogP contribution in [0.3, 0.4) is 0 Å². The van der Waals surface area contributed by atoms with Gasteiger partial charge in [-0.05, 0) is 47.2 Å². The molecule has 32 heavy (non-hydrogen) atoms. The summed E-state index contributed by atoms with van der Waals surface area (Å²) >= 11 is 0. The maximum absolute atomic E-state index is 11.9. The van der Waals surface area contributed by atoms with E-state index in [2.05, 4.69) is 51.6 Å². The fourth-order valence-corrected chi connectivity index (χ4v) is 4.51. The number of guanidine groups is 1. The third-order valence-electron chi connectivity index (χ3n) is 6.22. The van der Waals surface area contributed by atoms with Crippen molar-refractivity contribution >= 4 is 11.9 Å². The van der Waals surface area contributed by atoms with Crippen molar-refractivity contribution in [3.05, 3.63) is 58.7 Å². The second-order valence-electron chi connectivity index (χ2n) is 8.29. The number of hydrogen-bond acceptors (Lipinski definition) is 4. The number of fused-ring (bicyclic) bond motifs is 1. The van der Waals surface area contributed by atoms with Crippen molar-refractivity contribution in [1.82, 2.24) is 15.1 Å². The van der Waals surface area contributed by atoms with Crippen LogP contribution in [-0.4, -0.2) is 56.0 Å². The van der Waals surface area contributed by atoms with Crippen LogP contribution >= 0.6 is 0 Å². The van der Waals surface area contributed by atoms with Crippen LogP contribution in [0.5, 0.6) is 11.5 Å². The van der Waals surface area contributed by atoms with Crippen LogP contribution in [-0.2, 0) is 30.8 Å². The molecule has 0 spiro atoms. The fourth-order valence-electron chi connectivity index (χ4n) is 4.51. The highest BCUT2D eigenvalue weighted by atomic mass is 16.5. The minimum atomic E-state index is 0.258. The molecule has 2 heterocycles. The van der Waals surface area contributed by atoms with Crippen molar-refractivity contribution < 1.29 is 14.3 Å². The second kappa shape index (κ2) is 9.94. The Kier molecular flexibility index (Phi) is 6.83. The standard InChI is InChI=1S/C25H32N4O3/c1-26-25(29-11-9-20-13-22(31-2)23(32-3)14-21(20)17-29)27-15-18-6-4-7-19(12-18)16-28-10-5-8-24(28)30/h4,6-7,12-14H,5,8-11,15-17H2,1-3H3,(H,26,27). The SMILES string of the molecule is CN=C(NCc1cccc(CN2CCCC2=O)c1)N1CCc2cc(OC)c(OC)cc2C1. The summed E-state index contributed by atoms with van der Waals surface area (Å²) in [5, 5.41) is 3.51. The Morgan fingerprint density at radius 1 is 1.03 bits per heavy atom. The Morgan fingerprint density at radius 2 is 1.78 bits per heavy atom. The van der Waals surface area contributed by atoms with Crippen LogP contribution in [0.25, 0.3) is 0 Å². The number of likely N-dealkylation sites (tertiary alicyclic amines) is 1. The Morgan fingerprint density at radius 3 is 2.47 bits per heavy atom. The van der Waals surface area contributed by atoms with Crippen LogP contribution in [0.1, 0.15) is 35.1 Å². The van der Waals surface area contributed by atoms with Gasteiger partial charge in [0.1, 0.15) is 0 Å². The highest BCUT2D eigenvalue weighted by molar-refractivity contribution is 5.80. The lowest BCUT2D eigenvalue weighted by atomic mass is 9.99. The molecule has 0 bridgehead atoms. The molecule has 1 N–H and O–H groups in total. The first-order valence-corrected chi connectivity index (χ1v) is 11.2. The summed E-state index contributed by atoms with van der Waals surface area (Å²) in [6, 6.07) is 12.6. The molecule has 0 atom stereocenters. The largest absolute Gasteiger partial charge is 0.493 e. The third kappa shape index (κ3) is 4.82. The van der Waals surface area contributed by atoms with Gasteiger partial charge in [-0.3, -0.25) is 9.79 Å². The van der Waals surface area contributed by atoms with E-state index >= 15 is 0 Å². The lowest BCUT2D eigenvalue weighted by molar-refractivity contribution is -0.128. The molecule has 2 aromatic carbocycles. The van der Waals surface area contributed by atoms with E-state index in [4.69, 9.17) is 9.47 Å². The van der Waals surface area contributed by atoms with E-state index in [1.807, 2.05) is 11.9 Å². The number of amides is 1. The molecule has 2 aliphatic heterocycles. The van der Waals surface area contributed by atoms with Crippen LogP contribution in [0, 0.1) is 0 Å². The maximum Gasteiger partial charge on any atom is 0.222 e. The van der Waals surface area contributed by atoms with Gasteiger partial charge in [-0.15, -0.1) is 0 Å². The molecule has 0 unspecified atom stereocenters. The van der Waals surface area contributed by atoms with Gasteiger partial charge < -0.3 is 24.6 Å². The summed E-state index contributed by atoms with van der Waals surface area (Å²) < 4.78 is 10.9. The fraction of sp³-hybridized carbons (Fsp3) is 0.440.